The molecule has 0 spiro atoms. The molecule has 134 valence electrons. The second kappa shape index (κ2) is 11.2. The third kappa shape index (κ3) is 7.71. The maximum Gasteiger partial charge on any atom is 0.314 e. The molecule has 0 heterocycles. The van der Waals surface area contributed by atoms with Crippen molar-refractivity contribution in [1.82, 2.24) is 10.6 Å². The zero-order valence-electron chi connectivity index (χ0n) is 14.3. The van der Waals surface area contributed by atoms with Gasteiger partial charge < -0.3 is 25.2 Å². The van der Waals surface area contributed by atoms with Crippen molar-refractivity contribution >= 4 is 12.0 Å². The Balaban J connectivity index is 2.18. The SMILES string of the molecule is COc1ccc(CCNC(=O)NCCCCCC(=O)O)cc1OC. The molecule has 7 heteroatoms. The van der Waals surface area contributed by atoms with E-state index in [1.807, 2.05) is 18.2 Å². The number of carboxylic acids is 1. The molecule has 7 nitrogen and oxygen atoms in total. The Labute approximate surface area is 142 Å². The van der Waals surface area contributed by atoms with Crippen molar-refractivity contribution in [1.29, 1.82) is 0 Å². The van der Waals surface area contributed by atoms with Gasteiger partial charge in [0.15, 0.2) is 11.5 Å². The number of carboxylic acid groups (broad SMARTS) is 1. The Morgan fingerprint density at radius 2 is 1.71 bits per heavy atom. The molecule has 1 aromatic carbocycles. The smallest absolute Gasteiger partial charge is 0.314 e. The maximum atomic E-state index is 11.6. The molecule has 0 aliphatic rings. The fraction of sp³-hybridized carbons (Fsp3) is 0.529. The van der Waals surface area contributed by atoms with Gasteiger partial charge in [-0.05, 0) is 37.0 Å². The number of hydrogen-bond donors (Lipinski definition) is 3. The molecule has 3 N–H and O–H groups in total. The zero-order chi connectivity index (χ0) is 17.8. The van der Waals surface area contributed by atoms with Crippen molar-refractivity contribution in [3.05, 3.63) is 23.8 Å². The number of ether oxygens (including phenoxy) is 2. The van der Waals surface area contributed by atoms with Crippen LogP contribution in [0.3, 0.4) is 0 Å². The highest BCUT2D eigenvalue weighted by Crippen LogP contribution is 2.27. The molecule has 0 atom stereocenters. The molecule has 0 saturated carbocycles. The lowest BCUT2D eigenvalue weighted by Crippen LogP contribution is -2.37. The maximum absolute atomic E-state index is 11.6. The summed E-state index contributed by atoms with van der Waals surface area (Å²) in [7, 11) is 3.18. The van der Waals surface area contributed by atoms with Gasteiger partial charge in [0.1, 0.15) is 0 Å². The van der Waals surface area contributed by atoms with Crippen molar-refractivity contribution in [2.45, 2.75) is 32.1 Å². The molecule has 0 unspecified atom stereocenters. The number of methoxy groups -OCH3 is 2. The first-order chi connectivity index (χ1) is 11.6. The Morgan fingerprint density at radius 3 is 2.38 bits per heavy atom. The van der Waals surface area contributed by atoms with E-state index in [-0.39, 0.29) is 12.5 Å². The normalized spacial score (nSPS) is 10.1. The van der Waals surface area contributed by atoms with E-state index in [4.69, 9.17) is 14.6 Å². The summed E-state index contributed by atoms with van der Waals surface area (Å²) in [6.45, 7) is 1.06. The fourth-order valence-corrected chi connectivity index (χ4v) is 2.20. The number of unbranched alkanes of at least 4 members (excludes halogenated alkanes) is 2. The van der Waals surface area contributed by atoms with E-state index < -0.39 is 5.97 Å². The van der Waals surface area contributed by atoms with Gasteiger partial charge in [0, 0.05) is 19.5 Å². The number of hydrogen-bond acceptors (Lipinski definition) is 4. The Hall–Kier alpha value is -2.44. The van der Waals surface area contributed by atoms with E-state index in [9.17, 15) is 9.59 Å². The molecular weight excluding hydrogens is 312 g/mol. The molecule has 0 saturated heterocycles. The standard InChI is InChI=1S/C17H26N2O5/c1-23-14-8-7-13(12-15(14)24-2)9-11-19-17(22)18-10-5-3-4-6-16(20)21/h7-8,12H,3-6,9-11H2,1-2H3,(H,20,21)(H2,18,19,22). The van der Waals surface area contributed by atoms with Crippen LogP contribution in [0.15, 0.2) is 18.2 Å². The number of carbonyl (C=O) groups excluding carboxylic acids is 1. The summed E-state index contributed by atoms with van der Waals surface area (Å²) in [6.07, 6.45) is 3.07. The summed E-state index contributed by atoms with van der Waals surface area (Å²) in [5.41, 5.74) is 1.04. The minimum atomic E-state index is -0.782. The number of aliphatic carboxylic acids is 1. The van der Waals surface area contributed by atoms with Crippen molar-refractivity contribution in [2.75, 3.05) is 27.3 Å². The molecule has 24 heavy (non-hydrogen) atoms. The Morgan fingerprint density at radius 1 is 1.00 bits per heavy atom. The van der Waals surface area contributed by atoms with E-state index in [1.54, 1.807) is 14.2 Å². The Bertz CT molecular complexity index is 534. The van der Waals surface area contributed by atoms with Crippen LogP contribution in [0.5, 0.6) is 11.5 Å². The topological polar surface area (TPSA) is 96.9 Å². The number of benzene rings is 1. The summed E-state index contributed by atoms with van der Waals surface area (Å²) in [5.74, 6) is 0.562. The number of carbonyl (C=O) groups is 2. The minimum Gasteiger partial charge on any atom is -0.493 e. The first-order valence-corrected chi connectivity index (χ1v) is 8.01. The van der Waals surface area contributed by atoms with Crippen LogP contribution in [-0.2, 0) is 11.2 Å². The van der Waals surface area contributed by atoms with Crippen molar-refractivity contribution in [2.24, 2.45) is 0 Å². The molecule has 0 radical (unpaired) electrons. The predicted octanol–water partition coefficient (Wildman–Crippen LogP) is 2.19. The molecule has 0 aliphatic carbocycles. The van der Waals surface area contributed by atoms with Gasteiger partial charge >= 0.3 is 12.0 Å². The average Bonchev–Trinajstić information content (AvgIpc) is 2.57. The molecule has 1 rings (SSSR count). The van der Waals surface area contributed by atoms with Crippen LogP contribution in [0.2, 0.25) is 0 Å². The van der Waals surface area contributed by atoms with Crippen molar-refractivity contribution in [3.8, 4) is 11.5 Å². The van der Waals surface area contributed by atoms with Crippen LogP contribution < -0.4 is 20.1 Å². The summed E-state index contributed by atoms with van der Waals surface area (Å²) >= 11 is 0. The second-order valence-corrected chi connectivity index (χ2v) is 5.33. The molecule has 0 aromatic heterocycles. The lowest BCUT2D eigenvalue weighted by atomic mass is 10.1. The second-order valence-electron chi connectivity index (χ2n) is 5.33. The lowest BCUT2D eigenvalue weighted by Gasteiger charge is -2.10. The van der Waals surface area contributed by atoms with Crippen LogP contribution >= 0.6 is 0 Å². The van der Waals surface area contributed by atoms with Crippen LogP contribution in [0.1, 0.15) is 31.2 Å². The van der Waals surface area contributed by atoms with Crippen LogP contribution in [0.4, 0.5) is 4.79 Å². The third-order valence-electron chi connectivity index (χ3n) is 3.50. The highest BCUT2D eigenvalue weighted by Gasteiger charge is 2.05. The van der Waals surface area contributed by atoms with Gasteiger partial charge in [0.25, 0.3) is 0 Å². The third-order valence-corrected chi connectivity index (χ3v) is 3.50. The van der Waals surface area contributed by atoms with Crippen LogP contribution in [0, 0.1) is 0 Å². The highest BCUT2D eigenvalue weighted by molar-refractivity contribution is 5.73. The first kappa shape index (κ1) is 19.6. The summed E-state index contributed by atoms with van der Waals surface area (Å²) < 4.78 is 10.4. The largest absolute Gasteiger partial charge is 0.493 e. The van der Waals surface area contributed by atoms with Gasteiger partial charge in [-0.1, -0.05) is 12.5 Å². The highest BCUT2D eigenvalue weighted by atomic mass is 16.5. The summed E-state index contributed by atoms with van der Waals surface area (Å²) in [6, 6.07) is 5.45. The first-order valence-electron chi connectivity index (χ1n) is 8.01. The number of amides is 2. The van der Waals surface area contributed by atoms with E-state index in [1.165, 1.54) is 0 Å². The van der Waals surface area contributed by atoms with E-state index in [0.29, 0.717) is 37.4 Å². The van der Waals surface area contributed by atoms with Crippen LogP contribution in [-0.4, -0.2) is 44.4 Å². The van der Waals surface area contributed by atoms with Crippen molar-refractivity contribution in [3.63, 3.8) is 0 Å². The van der Waals surface area contributed by atoms with Gasteiger partial charge in [-0.25, -0.2) is 4.79 Å². The molecule has 1 aromatic rings. The van der Waals surface area contributed by atoms with E-state index in [2.05, 4.69) is 10.6 Å². The van der Waals surface area contributed by atoms with Gasteiger partial charge in [-0.15, -0.1) is 0 Å². The molecule has 0 bridgehead atoms. The van der Waals surface area contributed by atoms with Gasteiger partial charge in [-0.3, -0.25) is 4.79 Å². The lowest BCUT2D eigenvalue weighted by molar-refractivity contribution is -0.137. The van der Waals surface area contributed by atoms with Gasteiger partial charge in [0.05, 0.1) is 14.2 Å². The summed E-state index contributed by atoms with van der Waals surface area (Å²) in [4.78, 5) is 22.0. The number of rotatable bonds is 11. The zero-order valence-corrected chi connectivity index (χ0v) is 14.3. The quantitative estimate of drug-likeness (QED) is 0.537. The molecule has 2 amide bonds. The molecule has 0 fully saturated rings. The van der Waals surface area contributed by atoms with E-state index in [0.717, 1.165) is 18.4 Å². The minimum absolute atomic E-state index is 0.178. The predicted molar refractivity (Wildman–Crippen MR) is 90.8 cm³/mol. The van der Waals surface area contributed by atoms with Gasteiger partial charge in [-0.2, -0.15) is 0 Å². The number of urea groups is 1. The van der Waals surface area contributed by atoms with Crippen molar-refractivity contribution < 1.29 is 24.2 Å². The average molecular weight is 338 g/mol. The number of nitrogens with one attached hydrogen (secondary N) is 2. The fourth-order valence-electron chi connectivity index (χ4n) is 2.20. The monoisotopic (exact) mass is 338 g/mol. The van der Waals surface area contributed by atoms with E-state index >= 15 is 0 Å². The molecular formula is C17H26N2O5. The van der Waals surface area contributed by atoms with Gasteiger partial charge in [0.2, 0.25) is 0 Å². The van der Waals surface area contributed by atoms with Crippen LogP contribution in [0.25, 0.3) is 0 Å². The Kier molecular flexibility index (Phi) is 9.11. The summed E-state index contributed by atoms with van der Waals surface area (Å²) in [5, 5.41) is 14.1. The molecule has 0 aliphatic heterocycles.